The Labute approximate surface area is 165 Å². The summed E-state index contributed by atoms with van der Waals surface area (Å²) in [5.41, 5.74) is -0.0318. The van der Waals surface area contributed by atoms with Gasteiger partial charge in [-0.2, -0.15) is 0 Å². The summed E-state index contributed by atoms with van der Waals surface area (Å²) in [6, 6.07) is 0.161. The fraction of sp³-hybridized carbons (Fsp3) is 0.375. The zero-order chi connectivity index (χ0) is 18.6. The van der Waals surface area contributed by atoms with Crippen LogP contribution < -0.4 is 10.6 Å². The SMILES string of the molecule is CCNC(=NCc1c(F)c(F)cc(F)c1F)NCc1nc(C)c(C)o1.I. The van der Waals surface area contributed by atoms with Crippen LogP contribution in [0.15, 0.2) is 15.5 Å². The lowest BCUT2D eigenvalue weighted by Crippen LogP contribution is -2.37. The molecule has 5 nitrogen and oxygen atoms in total. The van der Waals surface area contributed by atoms with Crippen LogP contribution in [0.5, 0.6) is 0 Å². The van der Waals surface area contributed by atoms with Gasteiger partial charge in [-0.3, -0.25) is 0 Å². The van der Waals surface area contributed by atoms with Crippen molar-refractivity contribution in [2.45, 2.75) is 33.9 Å². The second-order valence-corrected chi connectivity index (χ2v) is 5.24. The number of nitrogens with one attached hydrogen (secondary N) is 2. The standard InChI is InChI=1S/C16H18F4N4O.HI/c1-4-21-16(23-7-13-24-8(2)9(3)25-13)22-6-10-14(19)11(17)5-12(18)15(10)20;/h5H,4,6-7H2,1-3H3,(H2,21,22,23);1H. The van der Waals surface area contributed by atoms with Gasteiger partial charge >= 0.3 is 0 Å². The van der Waals surface area contributed by atoms with Crippen molar-refractivity contribution >= 4 is 29.9 Å². The van der Waals surface area contributed by atoms with E-state index in [1.807, 2.05) is 0 Å². The molecule has 0 aliphatic heterocycles. The summed E-state index contributed by atoms with van der Waals surface area (Å²) in [4.78, 5) is 8.12. The smallest absolute Gasteiger partial charge is 0.214 e. The van der Waals surface area contributed by atoms with E-state index < -0.39 is 35.4 Å². The van der Waals surface area contributed by atoms with Crippen LogP contribution in [0.2, 0.25) is 0 Å². The van der Waals surface area contributed by atoms with Crippen LogP contribution in [0.1, 0.15) is 29.8 Å². The molecule has 0 radical (unpaired) electrons. The number of guanidine groups is 1. The van der Waals surface area contributed by atoms with Crippen molar-refractivity contribution in [1.82, 2.24) is 15.6 Å². The second kappa shape index (κ2) is 9.74. The normalized spacial score (nSPS) is 11.3. The molecule has 0 bridgehead atoms. The van der Waals surface area contributed by atoms with Crippen molar-refractivity contribution in [3.63, 3.8) is 0 Å². The largest absolute Gasteiger partial charge is 0.444 e. The molecule has 0 unspecified atom stereocenters. The fourth-order valence-corrected chi connectivity index (χ4v) is 2.04. The van der Waals surface area contributed by atoms with Crippen LogP contribution in [0.3, 0.4) is 0 Å². The quantitative estimate of drug-likeness (QED) is 0.223. The summed E-state index contributed by atoms with van der Waals surface area (Å²) < 4.78 is 59.2. The Morgan fingerprint density at radius 3 is 2.23 bits per heavy atom. The van der Waals surface area contributed by atoms with E-state index >= 15 is 0 Å². The van der Waals surface area contributed by atoms with Crippen molar-refractivity contribution in [2.75, 3.05) is 6.54 Å². The van der Waals surface area contributed by atoms with E-state index in [-0.39, 0.29) is 42.5 Å². The minimum atomic E-state index is -1.47. The molecule has 0 fully saturated rings. The van der Waals surface area contributed by atoms with Crippen molar-refractivity contribution in [2.24, 2.45) is 4.99 Å². The van der Waals surface area contributed by atoms with E-state index in [1.54, 1.807) is 20.8 Å². The molecule has 26 heavy (non-hydrogen) atoms. The predicted octanol–water partition coefficient (Wildman–Crippen LogP) is 3.72. The molecule has 0 saturated heterocycles. The Hall–Kier alpha value is -1.85. The fourth-order valence-electron chi connectivity index (χ4n) is 2.04. The number of hydrogen-bond acceptors (Lipinski definition) is 3. The van der Waals surface area contributed by atoms with E-state index in [2.05, 4.69) is 20.6 Å². The zero-order valence-corrected chi connectivity index (χ0v) is 16.8. The number of aryl methyl sites for hydroxylation is 2. The highest BCUT2D eigenvalue weighted by Crippen LogP contribution is 2.20. The summed E-state index contributed by atoms with van der Waals surface area (Å²) in [7, 11) is 0. The first-order chi connectivity index (χ1) is 11.8. The van der Waals surface area contributed by atoms with E-state index in [0.717, 1.165) is 5.69 Å². The van der Waals surface area contributed by atoms with Crippen LogP contribution in [-0.2, 0) is 13.1 Å². The van der Waals surface area contributed by atoms with Gasteiger partial charge in [0.15, 0.2) is 29.2 Å². The molecule has 0 amide bonds. The summed E-state index contributed by atoms with van der Waals surface area (Å²) in [5, 5.41) is 5.72. The number of aromatic nitrogens is 1. The van der Waals surface area contributed by atoms with Gasteiger partial charge in [-0.1, -0.05) is 0 Å². The number of hydrogen-bond donors (Lipinski definition) is 2. The van der Waals surface area contributed by atoms with E-state index in [9.17, 15) is 17.6 Å². The molecular weight excluding hydrogens is 467 g/mol. The summed E-state index contributed by atoms with van der Waals surface area (Å²) in [6.45, 7) is 5.44. The molecule has 2 aromatic rings. The highest BCUT2D eigenvalue weighted by Gasteiger charge is 2.18. The Morgan fingerprint density at radius 1 is 1.12 bits per heavy atom. The minimum Gasteiger partial charge on any atom is -0.444 e. The third-order valence-corrected chi connectivity index (χ3v) is 3.42. The molecule has 0 atom stereocenters. The molecule has 2 rings (SSSR count). The lowest BCUT2D eigenvalue weighted by atomic mass is 10.2. The number of nitrogens with zero attached hydrogens (tertiary/aromatic N) is 2. The molecule has 2 N–H and O–H groups in total. The Morgan fingerprint density at radius 2 is 1.73 bits per heavy atom. The average molecular weight is 486 g/mol. The van der Waals surface area contributed by atoms with Crippen molar-refractivity contribution in [1.29, 1.82) is 0 Å². The molecule has 0 aliphatic rings. The maximum Gasteiger partial charge on any atom is 0.214 e. The number of halogens is 5. The molecule has 1 aromatic heterocycles. The first-order valence-corrected chi connectivity index (χ1v) is 7.60. The number of rotatable bonds is 5. The maximum absolute atomic E-state index is 13.7. The maximum atomic E-state index is 13.7. The van der Waals surface area contributed by atoms with Gasteiger partial charge in [0.1, 0.15) is 5.76 Å². The summed E-state index contributed by atoms with van der Waals surface area (Å²) in [6.07, 6.45) is 0. The molecule has 10 heteroatoms. The first kappa shape index (κ1) is 22.2. The van der Waals surface area contributed by atoms with Crippen molar-refractivity contribution in [3.8, 4) is 0 Å². The van der Waals surface area contributed by atoms with Crippen molar-refractivity contribution in [3.05, 3.63) is 52.2 Å². The Bertz CT molecular complexity index is 749. The third kappa shape index (κ3) is 5.32. The van der Waals surface area contributed by atoms with Gasteiger partial charge in [-0.05, 0) is 20.8 Å². The van der Waals surface area contributed by atoms with Crippen LogP contribution in [0.25, 0.3) is 0 Å². The Balaban J connectivity index is 0.00000338. The number of aliphatic imine (C=N–C) groups is 1. The highest BCUT2D eigenvalue weighted by molar-refractivity contribution is 14.0. The average Bonchev–Trinajstić information content (AvgIpc) is 2.88. The lowest BCUT2D eigenvalue weighted by Gasteiger charge is -2.10. The zero-order valence-electron chi connectivity index (χ0n) is 14.4. The molecule has 0 spiro atoms. The van der Waals surface area contributed by atoms with Gasteiger partial charge in [0.25, 0.3) is 0 Å². The van der Waals surface area contributed by atoms with Gasteiger partial charge in [-0.15, -0.1) is 24.0 Å². The van der Waals surface area contributed by atoms with Crippen LogP contribution in [0, 0.1) is 37.1 Å². The lowest BCUT2D eigenvalue weighted by molar-refractivity contribution is 0.439. The summed E-state index contributed by atoms with van der Waals surface area (Å²) in [5.74, 6) is -4.57. The highest BCUT2D eigenvalue weighted by atomic mass is 127. The second-order valence-electron chi connectivity index (χ2n) is 5.24. The van der Waals surface area contributed by atoms with E-state index in [1.165, 1.54) is 0 Å². The monoisotopic (exact) mass is 486 g/mol. The van der Waals surface area contributed by atoms with Gasteiger partial charge in [0, 0.05) is 12.6 Å². The Kier molecular flexibility index (Phi) is 8.31. The van der Waals surface area contributed by atoms with E-state index in [0.29, 0.717) is 18.2 Å². The minimum absolute atomic E-state index is 0. The van der Waals surface area contributed by atoms with Gasteiger partial charge in [0.2, 0.25) is 5.89 Å². The van der Waals surface area contributed by atoms with Crippen LogP contribution in [0.4, 0.5) is 17.6 Å². The predicted molar refractivity (Wildman–Crippen MR) is 99.3 cm³/mol. The number of oxazole rings is 1. The first-order valence-electron chi connectivity index (χ1n) is 7.60. The van der Waals surface area contributed by atoms with Gasteiger partial charge < -0.3 is 15.1 Å². The van der Waals surface area contributed by atoms with Gasteiger partial charge in [-0.25, -0.2) is 27.5 Å². The van der Waals surface area contributed by atoms with Gasteiger partial charge in [0.05, 0.1) is 24.3 Å². The molecule has 144 valence electrons. The van der Waals surface area contributed by atoms with E-state index in [4.69, 9.17) is 4.42 Å². The molecule has 0 aliphatic carbocycles. The molecule has 1 heterocycles. The third-order valence-electron chi connectivity index (χ3n) is 3.42. The summed E-state index contributed by atoms with van der Waals surface area (Å²) >= 11 is 0. The van der Waals surface area contributed by atoms with Crippen LogP contribution in [-0.4, -0.2) is 17.5 Å². The number of benzene rings is 1. The van der Waals surface area contributed by atoms with Crippen LogP contribution >= 0.6 is 24.0 Å². The molecule has 0 saturated carbocycles. The molecule has 1 aromatic carbocycles. The molecular formula is C16H19F4IN4O. The topological polar surface area (TPSA) is 62.5 Å². The van der Waals surface area contributed by atoms with Crippen molar-refractivity contribution < 1.29 is 22.0 Å².